The first-order valence-electron chi connectivity index (χ1n) is 6.31. The maximum Gasteiger partial charge on any atom is 0.323 e. The summed E-state index contributed by atoms with van der Waals surface area (Å²) in [6, 6.07) is 10.2. The van der Waals surface area contributed by atoms with Crippen LogP contribution in [0.3, 0.4) is 0 Å². The number of amides is 1. The standard InChI is InChI=1S/C14H10N4O4/c19-13(8-1-4-10(5-2-8)18(21)22)15-9-3-6-11-12(7-9)17-14(20)16-11/h1-7H,(H,15,19)(H2,16,17,20). The molecule has 8 nitrogen and oxygen atoms in total. The molecule has 1 amide bonds. The molecule has 0 aliphatic carbocycles. The van der Waals surface area contributed by atoms with Gasteiger partial charge in [0.15, 0.2) is 0 Å². The van der Waals surface area contributed by atoms with E-state index in [4.69, 9.17) is 0 Å². The highest BCUT2D eigenvalue weighted by Crippen LogP contribution is 2.17. The molecule has 8 heteroatoms. The SMILES string of the molecule is O=C(Nc1ccc2[nH]c(=O)[nH]c2c1)c1ccc([N+](=O)[O-])cc1. The molecule has 0 aliphatic heterocycles. The van der Waals surface area contributed by atoms with Crippen molar-refractivity contribution in [3.63, 3.8) is 0 Å². The van der Waals surface area contributed by atoms with E-state index in [1.807, 2.05) is 0 Å². The van der Waals surface area contributed by atoms with E-state index in [2.05, 4.69) is 15.3 Å². The molecule has 22 heavy (non-hydrogen) atoms. The lowest BCUT2D eigenvalue weighted by Crippen LogP contribution is -2.11. The van der Waals surface area contributed by atoms with Crippen molar-refractivity contribution in [2.45, 2.75) is 0 Å². The van der Waals surface area contributed by atoms with Crippen LogP contribution in [0.1, 0.15) is 10.4 Å². The average molecular weight is 298 g/mol. The number of non-ortho nitro benzene ring substituents is 1. The van der Waals surface area contributed by atoms with Crippen LogP contribution in [0.15, 0.2) is 47.3 Å². The van der Waals surface area contributed by atoms with Crippen LogP contribution in [0.5, 0.6) is 0 Å². The van der Waals surface area contributed by atoms with Crippen molar-refractivity contribution in [1.29, 1.82) is 0 Å². The number of nitrogens with one attached hydrogen (secondary N) is 3. The van der Waals surface area contributed by atoms with Crippen LogP contribution in [0.2, 0.25) is 0 Å². The summed E-state index contributed by atoms with van der Waals surface area (Å²) >= 11 is 0. The number of imidazole rings is 1. The fourth-order valence-corrected chi connectivity index (χ4v) is 2.05. The number of anilines is 1. The highest BCUT2D eigenvalue weighted by atomic mass is 16.6. The summed E-state index contributed by atoms with van der Waals surface area (Å²) in [6.45, 7) is 0. The Morgan fingerprint density at radius 2 is 1.73 bits per heavy atom. The minimum absolute atomic E-state index is 0.0807. The van der Waals surface area contributed by atoms with Crippen molar-refractivity contribution in [2.75, 3.05) is 5.32 Å². The van der Waals surface area contributed by atoms with Crippen molar-refractivity contribution in [1.82, 2.24) is 9.97 Å². The van der Waals surface area contributed by atoms with E-state index in [-0.39, 0.29) is 11.4 Å². The zero-order valence-electron chi connectivity index (χ0n) is 11.1. The average Bonchev–Trinajstić information content (AvgIpc) is 2.86. The van der Waals surface area contributed by atoms with E-state index >= 15 is 0 Å². The lowest BCUT2D eigenvalue weighted by atomic mass is 10.2. The third-order valence-electron chi connectivity index (χ3n) is 3.11. The topological polar surface area (TPSA) is 121 Å². The molecule has 3 N–H and O–H groups in total. The summed E-state index contributed by atoms with van der Waals surface area (Å²) < 4.78 is 0. The molecule has 0 unspecified atom stereocenters. The molecular formula is C14H10N4O4. The molecule has 0 bridgehead atoms. The molecule has 1 aromatic heterocycles. The van der Waals surface area contributed by atoms with Gasteiger partial charge in [0.2, 0.25) is 0 Å². The van der Waals surface area contributed by atoms with Gasteiger partial charge in [0.05, 0.1) is 16.0 Å². The zero-order valence-corrected chi connectivity index (χ0v) is 11.1. The van der Waals surface area contributed by atoms with Crippen molar-refractivity contribution < 1.29 is 9.72 Å². The van der Waals surface area contributed by atoms with Crippen LogP contribution in [-0.2, 0) is 0 Å². The number of hydrogen-bond acceptors (Lipinski definition) is 4. The Labute approximate surface area is 122 Å². The van der Waals surface area contributed by atoms with Gasteiger partial charge >= 0.3 is 5.69 Å². The number of benzene rings is 2. The first kappa shape index (κ1) is 13.6. The van der Waals surface area contributed by atoms with Gasteiger partial charge in [-0.2, -0.15) is 0 Å². The van der Waals surface area contributed by atoms with Crippen molar-refractivity contribution >= 4 is 28.3 Å². The third kappa shape index (κ3) is 2.57. The molecule has 0 atom stereocenters. The Bertz CT molecular complexity index is 924. The lowest BCUT2D eigenvalue weighted by Gasteiger charge is -2.05. The van der Waals surface area contributed by atoms with Crippen LogP contribution >= 0.6 is 0 Å². The van der Waals surface area contributed by atoms with Gasteiger partial charge < -0.3 is 15.3 Å². The van der Waals surface area contributed by atoms with Crippen LogP contribution in [0, 0.1) is 10.1 Å². The van der Waals surface area contributed by atoms with Gasteiger partial charge in [0.1, 0.15) is 0 Å². The number of carbonyl (C=O) groups excluding carboxylic acids is 1. The number of fused-ring (bicyclic) bond motifs is 1. The van der Waals surface area contributed by atoms with Crippen LogP contribution in [-0.4, -0.2) is 20.8 Å². The zero-order chi connectivity index (χ0) is 15.7. The molecule has 0 aliphatic rings. The number of nitrogens with zero attached hydrogens (tertiary/aromatic N) is 1. The Morgan fingerprint density at radius 1 is 1.05 bits per heavy atom. The molecule has 2 aromatic carbocycles. The van der Waals surface area contributed by atoms with Crippen LogP contribution in [0.4, 0.5) is 11.4 Å². The Hall–Kier alpha value is -3.42. The summed E-state index contributed by atoms with van der Waals surface area (Å²) in [5.74, 6) is -0.396. The predicted octanol–water partition coefficient (Wildman–Crippen LogP) is 2.02. The molecule has 0 radical (unpaired) electrons. The van der Waals surface area contributed by atoms with Crippen LogP contribution < -0.4 is 11.0 Å². The van der Waals surface area contributed by atoms with Gasteiger partial charge in [-0.1, -0.05) is 0 Å². The van der Waals surface area contributed by atoms with E-state index < -0.39 is 10.8 Å². The van der Waals surface area contributed by atoms with Gasteiger partial charge in [-0.05, 0) is 30.3 Å². The minimum atomic E-state index is -0.530. The van der Waals surface area contributed by atoms with E-state index in [1.165, 1.54) is 24.3 Å². The number of nitro benzene ring substituents is 1. The second kappa shape index (κ2) is 5.17. The van der Waals surface area contributed by atoms with Crippen molar-refractivity contribution in [3.05, 3.63) is 68.6 Å². The van der Waals surface area contributed by atoms with E-state index in [0.717, 1.165) is 0 Å². The van der Waals surface area contributed by atoms with E-state index in [0.29, 0.717) is 22.3 Å². The predicted molar refractivity (Wildman–Crippen MR) is 80.0 cm³/mol. The Morgan fingerprint density at radius 3 is 2.41 bits per heavy atom. The third-order valence-corrected chi connectivity index (χ3v) is 3.11. The Kier molecular flexibility index (Phi) is 3.18. The molecular weight excluding hydrogens is 288 g/mol. The Balaban J connectivity index is 1.82. The van der Waals surface area contributed by atoms with Gasteiger partial charge in [0, 0.05) is 23.4 Å². The summed E-state index contributed by atoms with van der Waals surface area (Å²) in [5.41, 5.74) is 1.61. The first-order valence-corrected chi connectivity index (χ1v) is 6.31. The number of aromatic amines is 2. The van der Waals surface area contributed by atoms with Gasteiger partial charge in [-0.25, -0.2) is 4.79 Å². The van der Waals surface area contributed by atoms with Gasteiger partial charge in [0.25, 0.3) is 11.6 Å². The summed E-state index contributed by atoms with van der Waals surface area (Å²) in [7, 11) is 0. The molecule has 0 saturated carbocycles. The smallest absolute Gasteiger partial charge is 0.322 e. The lowest BCUT2D eigenvalue weighted by molar-refractivity contribution is -0.384. The molecule has 0 spiro atoms. The normalized spacial score (nSPS) is 10.5. The molecule has 1 heterocycles. The molecule has 3 aromatic rings. The largest absolute Gasteiger partial charge is 0.323 e. The number of carbonyl (C=O) groups is 1. The van der Waals surface area contributed by atoms with Crippen LogP contribution in [0.25, 0.3) is 11.0 Å². The van der Waals surface area contributed by atoms with E-state index in [1.54, 1.807) is 18.2 Å². The van der Waals surface area contributed by atoms with E-state index in [9.17, 15) is 19.7 Å². The highest BCUT2D eigenvalue weighted by molar-refractivity contribution is 6.05. The fraction of sp³-hybridized carbons (Fsp3) is 0. The number of nitro groups is 1. The number of aromatic nitrogens is 2. The highest BCUT2D eigenvalue weighted by Gasteiger charge is 2.10. The van der Waals surface area contributed by atoms with Gasteiger partial charge in [-0.15, -0.1) is 0 Å². The van der Waals surface area contributed by atoms with Crippen molar-refractivity contribution in [2.24, 2.45) is 0 Å². The molecule has 110 valence electrons. The number of hydrogen-bond donors (Lipinski definition) is 3. The quantitative estimate of drug-likeness (QED) is 0.506. The summed E-state index contributed by atoms with van der Waals surface area (Å²) in [5, 5.41) is 13.2. The second-order valence-electron chi connectivity index (χ2n) is 4.60. The maximum absolute atomic E-state index is 12.1. The second-order valence-corrected chi connectivity index (χ2v) is 4.60. The molecule has 0 saturated heterocycles. The molecule has 0 fully saturated rings. The fourth-order valence-electron chi connectivity index (χ4n) is 2.05. The number of rotatable bonds is 3. The monoisotopic (exact) mass is 298 g/mol. The first-order chi connectivity index (χ1) is 10.5. The molecule has 3 rings (SSSR count). The van der Waals surface area contributed by atoms with Gasteiger partial charge in [-0.3, -0.25) is 14.9 Å². The minimum Gasteiger partial charge on any atom is -0.322 e. The summed E-state index contributed by atoms with van der Waals surface area (Å²) in [6.07, 6.45) is 0. The summed E-state index contributed by atoms with van der Waals surface area (Å²) in [4.78, 5) is 38.5. The number of H-pyrrole nitrogens is 2. The van der Waals surface area contributed by atoms with Crippen molar-refractivity contribution in [3.8, 4) is 0 Å². The maximum atomic E-state index is 12.1.